The molecule has 1 unspecified atom stereocenters. The molecule has 18 heavy (non-hydrogen) atoms. The third-order valence-electron chi connectivity index (χ3n) is 3.02. The van der Waals surface area contributed by atoms with Crippen molar-refractivity contribution in [1.29, 1.82) is 0 Å². The van der Waals surface area contributed by atoms with Gasteiger partial charge in [0, 0.05) is 12.1 Å². The van der Waals surface area contributed by atoms with Gasteiger partial charge in [-0.25, -0.2) is 4.39 Å². The zero-order valence-corrected chi connectivity index (χ0v) is 10.2. The zero-order chi connectivity index (χ0) is 13.1. The Morgan fingerprint density at radius 2 is 2.00 bits per heavy atom. The van der Waals surface area contributed by atoms with Crippen molar-refractivity contribution in [2.75, 3.05) is 5.73 Å². The first kappa shape index (κ1) is 12.6. The smallest absolute Gasteiger partial charge is 0.123 e. The van der Waals surface area contributed by atoms with Crippen LogP contribution in [0.3, 0.4) is 0 Å². The fraction of sp³-hybridized carbons (Fsp3) is 0.200. The Kier molecular flexibility index (Phi) is 3.63. The molecule has 2 aromatic carbocycles. The second kappa shape index (κ2) is 5.19. The van der Waals surface area contributed by atoms with Gasteiger partial charge in [0.05, 0.1) is 6.10 Å². The molecule has 2 nitrogen and oxygen atoms in total. The lowest BCUT2D eigenvalue weighted by Gasteiger charge is -2.13. The lowest BCUT2D eigenvalue weighted by atomic mass is 9.98. The molecule has 0 heterocycles. The number of hydrogen-bond acceptors (Lipinski definition) is 2. The fourth-order valence-electron chi connectivity index (χ4n) is 1.95. The average molecular weight is 245 g/mol. The molecule has 0 aliphatic rings. The summed E-state index contributed by atoms with van der Waals surface area (Å²) in [5.74, 6) is -0.282. The first-order chi connectivity index (χ1) is 8.56. The van der Waals surface area contributed by atoms with E-state index >= 15 is 0 Å². The van der Waals surface area contributed by atoms with E-state index in [1.807, 2.05) is 13.0 Å². The summed E-state index contributed by atoms with van der Waals surface area (Å²) in [7, 11) is 0. The molecular formula is C15H16FNO. The minimum Gasteiger partial charge on any atom is -0.399 e. The second-order valence-electron chi connectivity index (χ2n) is 4.46. The number of aliphatic hydroxyl groups is 1. The van der Waals surface area contributed by atoms with Crippen LogP contribution in [0.25, 0.3) is 0 Å². The monoisotopic (exact) mass is 245 g/mol. The molecule has 0 amide bonds. The van der Waals surface area contributed by atoms with Crippen molar-refractivity contribution in [2.24, 2.45) is 0 Å². The van der Waals surface area contributed by atoms with E-state index in [0.717, 1.165) is 16.7 Å². The number of rotatable bonds is 3. The van der Waals surface area contributed by atoms with E-state index in [2.05, 4.69) is 0 Å². The molecule has 0 aliphatic heterocycles. The summed E-state index contributed by atoms with van der Waals surface area (Å²) in [5, 5.41) is 10.1. The van der Waals surface area contributed by atoms with Crippen molar-refractivity contribution in [1.82, 2.24) is 0 Å². The van der Waals surface area contributed by atoms with Crippen LogP contribution in [0.1, 0.15) is 22.8 Å². The summed E-state index contributed by atoms with van der Waals surface area (Å²) in [6.07, 6.45) is -0.290. The number of nitrogen functional groups attached to an aromatic ring is 1. The molecule has 2 aromatic rings. The number of anilines is 1. The van der Waals surface area contributed by atoms with Gasteiger partial charge in [0.1, 0.15) is 5.82 Å². The van der Waals surface area contributed by atoms with Gasteiger partial charge in [0.15, 0.2) is 0 Å². The molecule has 2 rings (SSSR count). The highest BCUT2D eigenvalue weighted by atomic mass is 19.1. The summed E-state index contributed by atoms with van der Waals surface area (Å²) >= 11 is 0. The fourth-order valence-corrected chi connectivity index (χ4v) is 1.95. The van der Waals surface area contributed by atoms with Gasteiger partial charge < -0.3 is 10.8 Å². The molecule has 94 valence electrons. The van der Waals surface area contributed by atoms with E-state index in [-0.39, 0.29) is 5.82 Å². The summed E-state index contributed by atoms with van der Waals surface area (Å²) in [4.78, 5) is 0. The van der Waals surface area contributed by atoms with E-state index < -0.39 is 6.10 Å². The van der Waals surface area contributed by atoms with Crippen LogP contribution < -0.4 is 5.73 Å². The van der Waals surface area contributed by atoms with Gasteiger partial charge in [-0.15, -0.1) is 0 Å². The molecule has 0 saturated heterocycles. The van der Waals surface area contributed by atoms with Gasteiger partial charge in [0.25, 0.3) is 0 Å². The minimum absolute atomic E-state index is 0.282. The molecular weight excluding hydrogens is 229 g/mol. The molecule has 0 bridgehead atoms. The Labute approximate surface area is 106 Å². The van der Waals surface area contributed by atoms with Crippen LogP contribution in [0.15, 0.2) is 42.5 Å². The maximum absolute atomic E-state index is 13.2. The Bertz CT molecular complexity index is 554. The van der Waals surface area contributed by atoms with E-state index in [1.54, 1.807) is 24.3 Å². The molecule has 3 N–H and O–H groups in total. The van der Waals surface area contributed by atoms with Gasteiger partial charge in [-0.05, 0) is 47.9 Å². The number of benzene rings is 2. The Morgan fingerprint density at radius 1 is 1.22 bits per heavy atom. The van der Waals surface area contributed by atoms with Gasteiger partial charge in [0.2, 0.25) is 0 Å². The predicted octanol–water partition coefficient (Wildman–Crippen LogP) is 2.99. The number of nitrogens with two attached hydrogens (primary N) is 1. The van der Waals surface area contributed by atoms with Gasteiger partial charge in [-0.1, -0.05) is 18.2 Å². The number of aryl methyl sites for hydroxylation is 1. The summed E-state index contributed by atoms with van der Waals surface area (Å²) < 4.78 is 13.2. The second-order valence-corrected chi connectivity index (χ2v) is 4.46. The van der Waals surface area contributed by atoms with Gasteiger partial charge in [-0.3, -0.25) is 0 Å². The highest BCUT2D eigenvalue weighted by Gasteiger charge is 2.11. The molecule has 0 radical (unpaired) electrons. The third kappa shape index (κ3) is 2.87. The Balaban J connectivity index is 2.21. The van der Waals surface area contributed by atoms with Crippen LogP contribution >= 0.6 is 0 Å². The molecule has 0 spiro atoms. The maximum atomic E-state index is 13.2. The molecule has 0 aliphatic carbocycles. The molecule has 0 fully saturated rings. The lowest BCUT2D eigenvalue weighted by molar-refractivity contribution is 0.178. The largest absolute Gasteiger partial charge is 0.399 e. The average Bonchev–Trinajstić information content (AvgIpc) is 2.34. The topological polar surface area (TPSA) is 46.2 Å². The van der Waals surface area contributed by atoms with Crippen molar-refractivity contribution in [3.8, 4) is 0 Å². The van der Waals surface area contributed by atoms with E-state index in [1.165, 1.54) is 12.1 Å². The number of hydrogen-bond donors (Lipinski definition) is 2. The van der Waals surface area contributed by atoms with Crippen LogP contribution in [-0.2, 0) is 6.42 Å². The Morgan fingerprint density at radius 3 is 2.72 bits per heavy atom. The van der Waals surface area contributed by atoms with Crippen molar-refractivity contribution in [2.45, 2.75) is 19.4 Å². The molecule has 3 heteroatoms. The third-order valence-corrected chi connectivity index (χ3v) is 3.02. The van der Waals surface area contributed by atoms with E-state index in [9.17, 15) is 9.50 Å². The SMILES string of the molecule is Cc1ccc(F)cc1CC(O)c1cccc(N)c1. The van der Waals surface area contributed by atoms with Crippen molar-refractivity contribution >= 4 is 5.69 Å². The van der Waals surface area contributed by atoms with Gasteiger partial charge in [-0.2, -0.15) is 0 Å². The normalized spacial score (nSPS) is 12.4. The lowest BCUT2D eigenvalue weighted by Crippen LogP contribution is -2.04. The standard InChI is InChI=1S/C15H16FNO/c1-10-5-6-13(16)7-12(10)9-15(18)11-3-2-4-14(17)8-11/h2-8,15,18H,9,17H2,1H3. The quantitative estimate of drug-likeness (QED) is 0.816. The Hall–Kier alpha value is -1.87. The molecule has 1 atom stereocenters. The van der Waals surface area contributed by atoms with Crippen LogP contribution in [0, 0.1) is 12.7 Å². The number of halogens is 1. The zero-order valence-electron chi connectivity index (χ0n) is 10.2. The first-order valence-corrected chi connectivity index (χ1v) is 5.85. The highest BCUT2D eigenvalue weighted by molar-refractivity contribution is 5.42. The molecule has 0 aromatic heterocycles. The van der Waals surface area contributed by atoms with Crippen LogP contribution in [-0.4, -0.2) is 5.11 Å². The van der Waals surface area contributed by atoms with Crippen molar-refractivity contribution in [3.63, 3.8) is 0 Å². The van der Waals surface area contributed by atoms with Crippen LogP contribution in [0.2, 0.25) is 0 Å². The van der Waals surface area contributed by atoms with Crippen molar-refractivity contribution < 1.29 is 9.50 Å². The van der Waals surface area contributed by atoms with Gasteiger partial charge >= 0.3 is 0 Å². The maximum Gasteiger partial charge on any atom is 0.123 e. The van der Waals surface area contributed by atoms with Crippen molar-refractivity contribution in [3.05, 3.63) is 65.0 Å². The highest BCUT2D eigenvalue weighted by Crippen LogP contribution is 2.22. The summed E-state index contributed by atoms with van der Waals surface area (Å²) in [6.45, 7) is 1.90. The van der Waals surface area contributed by atoms with E-state index in [4.69, 9.17) is 5.73 Å². The van der Waals surface area contributed by atoms with Crippen LogP contribution in [0.4, 0.5) is 10.1 Å². The number of aliphatic hydroxyl groups excluding tert-OH is 1. The predicted molar refractivity (Wildman–Crippen MR) is 70.7 cm³/mol. The minimum atomic E-state index is -0.672. The first-order valence-electron chi connectivity index (χ1n) is 5.85. The summed E-state index contributed by atoms with van der Waals surface area (Å²) in [6, 6.07) is 11.7. The molecule has 0 saturated carbocycles. The van der Waals surface area contributed by atoms with Crippen LogP contribution in [0.5, 0.6) is 0 Å². The van der Waals surface area contributed by atoms with E-state index in [0.29, 0.717) is 12.1 Å². The summed E-state index contributed by atoms with van der Waals surface area (Å²) in [5.41, 5.74) is 8.82.